The molecule has 0 saturated carbocycles. The number of rotatable bonds is 4. The highest BCUT2D eigenvalue weighted by molar-refractivity contribution is 7.99. The van der Waals surface area contributed by atoms with Crippen LogP contribution in [0.1, 0.15) is 18.6 Å². The van der Waals surface area contributed by atoms with Crippen LogP contribution in [0.25, 0.3) is 0 Å². The van der Waals surface area contributed by atoms with Crippen molar-refractivity contribution in [2.45, 2.75) is 25.9 Å². The van der Waals surface area contributed by atoms with E-state index in [9.17, 15) is 9.59 Å². The second-order valence-corrected chi connectivity index (χ2v) is 5.06. The molecule has 2 heterocycles. The van der Waals surface area contributed by atoms with E-state index < -0.39 is 18.0 Å². The Morgan fingerprint density at radius 1 is 1.68 bits per heavy atom. The molecular weight excluding hydrogens is 270 g/mol. The Bertz CT molecular complexity index is 476. The summed E-state index contributed by atoms with van der Waals surface area (Å²) >= 11 is 1.42. The minimum absolute atomic E-state index is 0.159. The zero-order valence-electron chi connectivity index (χ0n) is 10.5. The Hall–Kier alpha value is -1.70. The topological polar surface area (TPSA) is 95.7 Å². The third-order valence-electron chi connectivity index (χ3n) is 2.77. The van der Waals surface area contributed by atoms with Gasteiger partial charge in [0.2, 0.25) is 5.89 Å². The van der Waals surface area contributed by atoms with Gasteiger partial charge in [-0.05, 0) is 0 Å². The summed E-state index contributed by atoms with van der Waals surface area (Å²) in [6.07, 6.45) is 2.36. The number of hydrogen-bond donors (Lipinski definition) is 2. The van der Waals surface area contributed by atoms with E-state index in [1.54, 1.807) is 6.20 Å². The standard InChI is InChI=1S/C11H15N3O4S/c1-2-7-3-12-9(18-7)4-13-11(17)14-6-19-5-8(14)10(15)16/h3,8H,2,4-6H2,1H3,(H,13,17)(H,15,16)/t8-/m0/s1. The van der Waals surface area contributed by atoms with Crippen LogP contribution in [-0.4, -0.2) is 44.7 Å². The van der Waals surface area contributed by atoms with Crippen LogP contribution < -0.4 is 5.32 Å². The minimum Gasteiger partial charge on any atom is -0.480 e. The van der Waals surface area contributed by atoms with Crippen LogP contribution in [-0.2, 0) is 17.8 Å². The van der Waals surface area contributed by atoms with E-state index in [4.69, 9.17) is 9.52 Å². The van der Waals surface area contributed by atoms with Crippen molar-refractivity contribution in [2.24, 2.45) is 0 Å². The highest BCUT2D eigenvalue weighted by Gasteiger charge is 2.34. The lowest BCUT2D eigenvalue weighted by atomic mass is 10.3. The minimum atomic E-state index is -0.982. The molecule has 1 fully saturated rings. The van der Waals surface area contributed by atoms with Crippen LogP contribution >= 0.6 is 11.8 Å². The van der Waals surface area contributed by atoms with Gasteiger partial charge in [0.1, 0.15) is 11.8 Å². The van der Waals surface area contributed by atoms with Gasteiger partial charge in [-0.15, -0.1) is 11.8 Å². The average molecular weight is 285 g/mol. The van der Waals surface area contributed by atoms with Gasteiger partial charge in [0.15, 0.2) is 0 Å². The van der Waals surface area contributed by atoms with Crippen molar-refractivity contribution in [3.63, 3.8) is 0 Å². The number of carbonyl (C=O) groups is 2. The average Bonchev–Trinajstić information content (AvgIpc) is 3.04. The van der Waals surface area contributed by atoms with Gasteiger partial charge in [0.05, 0.1) is 18.6 Å². The molecule has 0 spiro atoms. The summed E-state index contributed by atoms with van der Waals surface area (Å²) in [5.41, 5.74) is 0. The largest absolute Gasteiger partial charge is 0.480 e. The number of hydrogen-bond acceptors (Lipinski definition) is 5. The third-order valence-corrected chi connectivity index (χ3v) is 3.78. The molecule has 2 amide bonds. The number of aliphatic carboxylic acids is 1. The Morgan fingerprint density at radius 3 is 3.11 bits per heavy atom. The Kier molecular flexibility index (Phi) is 4.31. The summed E-state index contributed by atoms with van der Waals surface area (Å²) in [5, 5.41) is 11.6. The number of aromatic nitrogens is 1. The van der Waals surface area contributed by atoms with Gasteiger partial charge in [-0.25, -0.2) is 14.6 Å². The molecule has 0 bridgehead atoms. The van der Waals surface area contributed by atoms with Crippen molar-refractivity contribution < 1.29 is 19.1 Å². The summed E-state index contributed by atoms with van der Waals surface area (Å²) in [5.74, 6) is 0.994. The summed E-state index contributed by atoms with van der Waals surface area (Å²) in [4.78, 5) is 28.2. The first-order valence-electron chi connectivity index (χ1n) is 5.90. The van der Waals surface area contributed by atoms with Gasteiger partial charge in [0.25, 0.3) is 0 Å². The molecule has 1 aliphatic heterocycles. The van der Waals surface area contributed by atoms with E-state index in [0.717, 1.165) is 12.2 Å². The number of carbonyl (C=O) groups excluding carboxylic acids is 1. The molecule has 0 unspecified atom stereocenters. The van der Waals surface area contributed by atoms with Gasteiger partial charge in [-0.2, -0.15) is 0 Å². The lowest BCUT2D eigenvalue weighted by Crippen LogP contribution is -2.46. The second-order valence-electron chi connectivity index (χ2n) is 4.06. The van der Waals surface area contributed by atoms with Crippen LogP contribution in [0.4, 0.5) is 4.79 Å². The number of carboxylic acids is 1. The molecule has 19 heavy (non-hydrogen) atoms. The lowest BCUT2D eigenvalue weighted by molar-refractivity contribution is -0.140. The molecule has 7 nitrogen and oxygen atoms in total. The highest BCUT2D eigenvalue weighted by atomic mass is 32.2. The molecule has 1 saturated heterocycles. The number of carboxylic acid groups (broad SMARTS) is 1. The van der Waals surface area contributed by atoms with Crippen molar-refractivity contribution >= 4 is 23.8 Å². The molecule has 1 aromatic heterocycles. The number of aryl methyl sites for hydroxylation is 1. The van der Waals surface area contributed by atoms with Crippen LogP contribution in [0.3, 0.4) is 0 Å². The molecule has 0 aliphatic carbocycles. The van der Waals surface area contributed by atoms with Crippen molar-refractivity contribution in [1.82, 2.24) is 15.2 Å². The fourth-order valence-electron chi connectivity index (χ4n) is 1.69. The fraction of sp³-hybridized carbons (Fsp3) is 0.545. The van der Waals surface area contributed by atoms with Crippen LogP contribution in [0.15, 0.2) is 10.6 Å². The zero-order chi connectivity index (χ0) is 13.8. The first-order chi connectivity index (χ1) is 9.11. The van der Waals surface area contributed by atoms with E-state index in [-0.39, 0.29) is 6.54 Å². The molecule has 8 heteroatoms. The van der Waals surface area contributed by atoms with Crippen molar-refractivity contribution in [1.29, 1.82) is 0 Å². The highest BCUT2D eigenvalue weighted by Crippen LogP contribution is 2.20. The van der Waals surface area contributed by atoms with Crippen LogP contribution in [0.5, 0.6) is 0 Å². The normalized spacial score (nSPS) is 18.6. The van der Waals surface area contributed by atoms with Gasteiger partial charge in [-0.3, -0.25) is 0 Å². The molecule has 0 radical (unpaired) electrons. The second kappa shape index (κ2) is 5.96. The molecule has 1 atom stereocenters. The summed E-state index contributed by atoms with van der Waals surface area (Å²) in [7, 11) is 0. The summed E-state index contributed by atoms with van der Waals surface area (Å²) in [6.45, 7) is 2.11. The fourth-order valence-corrected chi connectivity index (χ4v) is 2.84. The lowest BCUT2D eigenvalue weighted by Gasteiger charge is -2.20. The maximum absolute atomic E-state index is 11.9. The molecule has 0 aromatic carbocycles. The number of amides is 2. The first-order valence-corrected chi connectivity index (χ1v) is 7.06. The molecule has 2 N–H and O–H groups in total. The smallest absolute Gasteiger partial charge is 0.327 e. The SMILES string of the molecule is CCc1cnc(CNC(=O)N2CSC[C@H]2C(=O)O)o1. The van der Waals surface area contributed by atoms with Crippen molar-refractivity contribution in [3.05, 3.63) is 17.8 Å². The quantitative estimate of drug-likeness (QED) is 0.853. The van der Waals surface area contributed by atoms with E-state index in [1.165, 1.54) is 16.7 Å². The molecule has 2 rings (SSSR count). The van der Waals surface area contributed by atoms with Gasteiger partial charge in [0, 0.05) is 12.2 Å². The Morgan fingerprint density at radius 2 is 2.47 bits per heavy atom. The first kappa shape index (κ1) is 13.7. The summed E-state index contributed by atoms with van der Waals surface area (Å²) < 4.78 is 5.35. The summed E-state index contributed by atoms with van der Waals surface area (Å²) in [6, 6.07) is -1.17. The zero-order valence-corrected chi connectivity index (χ0v) is 11.3. The molecule has 1 aliphatic rings. The van der Waals surface area contributed by atoms with Crippen LogP contribution in [0.2, 0.25) is 0 Å². The maximum atomic E-state index is 11.9. The van der Waals surface area contributed by atoms with E-state index in [2.05, 4.69) is 10.3 Å². The van der Waals surface area contributed by atoms with Gasteiger partial charge in [-0.1, -0.05) is 6.92 Å². The number of nitrogens with zero attached hydrogens (tertiary/aromatic N) is 2. The number of nitrogens with one attached hydrogen (secondary N) is 1. The molecule has 1 aromatic rings. The maximum Gasteiger partial charge on any atom is 0.327 e. The number of oxazole rings is 1. The predicted molar refractivity (Wildman–Crippen MR) is 68.7 cm³/mol. The number of thioether (sulfide) groups is 1. The third kappa shape index (κ3) is 3.19. The Labute approximate surface area is 114 Å². The Balaban J connectivity index is 1.88. The van der Waals surface area contributed by atoms with Crippen molar-refractivity contribution in [3.8, 4) is 0 Å². The molecular formula is C11H15N3O4S. The van der Waals surface area contributed by atoms with E-state index in [0.29, 0.717) is 17.5 Å². The number of urea groups is 1. The molecule has 104 valence electrons. The van der Waals surface area contributed by atoms with Crippen molar-refractivity contribution in [2.75, 3.05) is 11.6 Å². The van der Waals surface area contributed by atoms with E-state index >= 15 is 0 Å². The monoisotopic (exact) mass is 285 g/mol. The van der Waals surface area contributed by atoms with E-state index in [1.807, 2.05) is 6.92 Å². The van der Waals surface area contributed by atoms with Gasteiger partial charge < -0.3 is 19.7 Å². The predicted octanol–water partition coefficient (Wildman–Crippen LogP) is 0.906. The van der Waals surface area contributed by atoms with Crippen LogP contribution in [0, 0.1) is 0 Å². The van der Waals surface area contributed by atoms with Gasteiger partial charge >= 0.3 is 12.0 Å².